The van der Waals surface area contributed by atoms with Crippen LogP contribution in [-0.2, 0) is 13.1 Å². The van der Waals surface area contributed by atoms with Gasteiger partial charge in [0, 0.05) is 6.07 Å². The van der Waals surface area contributed by atoms with Gasteiger partial charge in [0.25, 0.3) is 5.91 Å². The number of carbonyl (C=O) groups excluding carboxylic acids is 1. The first-order valence-corrected chi connectivity index (χ1v) is 9.56. The summed E-state index contributed by atoms with van der Waals surface area (Å²) in [4.78, 5) is 12.6. The zero-order valence-corrected chi connectivity index (χ0v) is 16.7. The van der Waals surface area contributed by atoms with Crippen molar-refractivity contribution in [2.24, 2.45) is 0 Å². The molecule has 2 aromatic heterocycles. The van der Waals surface area contributed by atoms with Gasteiger partial charge >= 0.3 is 0 Å². The van der Waals surface area contributed by atoms with Crippen molar-refractivity contribution >= 4 is 34.9 Å². The molecular weight excluding hydrogens is 411 g/mol. The minimum absolute atomic E-state index is 0.217. The van der Waals surface area contributed by atoms with E-state index in [4.69, 9.17) is 23.2 Å². The van der Waals surface area contributed by atoms with Crippen LogP contribution in [0.2, 0.25) is 10.0 Å². The second-order valence-electron chi connectivity index (χ2n) is 6.33. The molecule has 0 aliphatic carbocycles. The fraction of sp³-hybridized carbons (Fsp3) is 0.100. The highest BCUT2D eigenvalue weighted by Crippen LogP contribution is 2.26. The minimum Gasteiger partial charge on any atom is -0.305 e. The van der Waals surface area contributed by atoms with E-state index in [1.165, 1.54) is 0 Å². The predicted molar refractivity (Wildman–Crippen MR) is 111 cm³/mol. The Balaban J connectivity index is 1.46. The van der Waals surface area contributed by atoms with Crippen molar-refractivity contribution in [3.8, 4) is 0 Å². The van der Waals surface area contributed by atoms with Crippen molar-refractivity contribution in [1.29, 1.82) is 0 Å². The van der Waals surface area contributed by atoms with Crippen LogP contribution in [0.1, 0.15) is 21.6 Å². The number of halogens is 2. The van der Waals surface area contributed by atoms with Gasteiger partial charge in [0.15, 0.2) is 5.69 Å². The van der Waals surface area contributed by atoms with Crippen molar-refractivity contribution in [2.75, 3.05) is 5.32 Å². The van der Waals surface area contributed by atoms with Crippen LogP contribution in [-0.4, -0.2) is 30.7 Å². The Bertz CT molecular complexity index is 1140. The number of anilines is 1. The second-order valence-corrected chi connectivity index (χ2v) is 7.11. The van der Waals surface area contributed by atoms with E-state index in [-0.39, 0.29) is 11.6 Å². The molecule has 146 valence electrons. The number of nitrogens with one attached hydrogen (secondary N) is 1. The van der Waals surface area contributed by atoms with Gasteiger partial charge in [-0.25, -0.2) is 9.36 Å². The first-order chi connectivity index (χ1) is 14.1. The molecule has 1 amide bonds. The van der Waals surface area contributed by atoms with Crippen LogP contribution in [0.25, 0.3) is 0 Å². The van der Waals surface area contributed by atoms with E-state index >= 15 is 0 Å². The molecule has 0 unspecified atom stereocenters. The summed E-state index contributed by atoms with van der Waals surface area (Å²) in [6.45, 7) is 0.898. The predicted octanol–water partition coefficient (Wildman–Crippen LogP) is 4.13. The molecule has 0 spiro atoms. The maximum absolute atomic E-state index is 12.6. The molecule has 0 saturated carbocycles. The molecule has 0 bridgehead atoms. The van der Waals surface area contributed by atoms with Crippen molar-refractivity contribution in [2.45, 2.75) is 13.1 Å². The topological polar surface area (TPSA) is 77.6 Å². The molecular formula is C20H16Cl2N6O. The van der Waals surface area contributed by atoms with Gasteiger partial charge in [-0.1, -0.05) is 70.9 Å². The van der Waals surface area contributed by atoms with Crippen LogP contribution in [0, 0.1) is 0 Å². The smallest absolute Gasteiger partial charge is 0.278 e. The van der Waals surface area contributed by atoms with Crippen LogP contribution < -0.4 is 5.32 Å². The monoisotopic (exact) mass is 426 g/mol. The lowest BCUT2D eigenvalue weighted by atomic mass is 10.2. The Morgan fingerprint density at radius 3 is 2.66 bits per heavy atom. The third kappa shape index (κ3) is 4.47. The summed E-state index contributed by atoms with van der Waals surface area (Å²) in [5.41, 5.74) is 2.09. The molecule has 4 rings (SSSR count). The molecule has 0 aliphatic heterocycles. The van der Waals surface area contributed by atoms with E-state index < -0.39 is 0 Å². The van der Waals surface area contributed by atoms with Gasteiger partial charge in [-0.15, -0.1) is 5.10 Å². The Morgan fingerprint density at radius 2 is 1.83 bits per heavy atom. The second kappa shape index (κ2) is 8.46. The summed E-state index contributed by atoms with van der Waals surface area (Å²) in [6, 6.07) is 16.9. The first-order valence-electron chi connectivity index (χ1n) is 8.80. The van der Waals surface area contributed by atoms with Gasteiger partial charge in [0.1, 0.15) is 5.82 Å². The summed E-state index contributed by atoms with van der Waals surface area (Å²) in [5.74, 6) is 0.145. The number of amides is 1. The molecule has 2 aromatic carbocycles. The summed E-state index contributed by atoms with van der Waals surface area (Å²) in [5, 5.41) is 16.0. The number of rotatable bonds is 6. The number of aromatic nitrogens is 5. The maximum Gasteiger partial charge on any atom is 0.278 e. The molecule has 2 heterocycles. The quantitative estimate of drug-likeness (QED) is 0.502. The van der Waals surface area contributed by atoms with Crippen molar-refractivity contribution < 1.29 is 4.79 Å². The molecule has 0 fully saturated rings. The highest BCUT2D eigenvalue weighted by atomic mass is 35.5. The van der Waals surface area contributed by atoms with Crippen molar-refractivity contribution in [3.05, 3.63) is 93.9 Å². The van der Waals surface area contributed by atoms with Gasteiger partial charge in [-0.3, -0.25) is 4.79 Å². The van der Waals surface area contributed by atoms with Crippen molar-refractivity contribution in [3.63, 3.8) is 0 Å². The molecule has 0 saturated heterocycles. The number of hydrogen-bond donors (Lipinski definition) is 1. The lowest BCUT2D eigenvalue weighted by Crippen LogP contribution is -2.16. The largest absolute Gasteiger partial charge is 0.305 e. The highest BCUT2D eigenvalue weighted by molar-refractivity contribution is 6.42. The van der Waals surface area contributed by atoms with Crippen molar-refractivity contribution in [1.82, 2.24) is 24.8 Å². The molecule has 9 heteroatoms. The van der Waals surface area contributed by atoms with Crippen LogP contribution in [0.3, 0.4) is 0 Å². The summed E-state index contributed by atoms with van der Waals surface area (Å²) in [6.07, 6.45) is 3.21. The summed E-state index contributed by atoms with van der Waals surface area (Å²) in [7, 11) is 0. The standard InChI is InChI=1S/C20H16Cl2N6O/c21-16-8-4-7-15(19(16)22)12-28-18(9-10-23-28)24-20(29)17-13-27(26-25-17)11-14-5-2-1-3-6-14/h1-10,13H,11-12H2,(H,24,29). The average molecular weight is 427 g/mol. The van der Waals surface area contributed by atoms with Gasteiger partial charge in [0.2, 0.25) is 0 Å². The number of nitrogens with zero attached hydrogens (tertiary/aromatic N) is 5. The Labute approximate surface area is 176 Å². The molecule has 0 aliphatic rings. The van der Waals surface area contributed by atoms with Gasteiger partial charge < -0.3 is 5.32 Å². The Hall–Kier alpha value is -3.16. The number of carbonyl (C=O) groups is 1. The SMILES string of the molecule is O=C(Nc1ccnn1Cc1cccc(Cl)c1Cl)c1cn(Cc2ccccc2)nn1. The van der Waals surface area contributed by atoms with E-state index in [9.17, 15) is 4.79 Å². The maximum atomic E-state index is 12.6. The van der Waals surface area contributed by atoms with Gasteiger partial charge in [-0.05, 0) is 17.2 Å². The zero-order chi connectivity index (χ0) is 20.2. The molecule has 4 aromatic rings. The van der Waals surface area contributed by atoms with Crippen LogP contribution in [0.5, 0.6) is 0 Å². The Morgan fingerprint density at radius 1 is 1.00 bits per heavy atom. The lowest BCUT2D eigenvalue weighted by Gasteiger charge is -2.10. The molecule has 29 heavy (non-hydrogen) atoms. The molecule has 7 nitrogen and oxygen atoms in total. The molecule has 0 radical (unpaired) electrons. The highest BCUT2D eigenvalue weighted by Gasteiger charge is 2.15. The lowest BCUT2D eigenvalue weighted by molar-refractivity contribution is 0.102. The Kier molecular flexibility index (Phi) is 5.59. The number of hydrogen-bond acceptors (Lipinski definition) is 4. The third-order valence-electron chi connectivity index (χ3n) is 4.27. The van der Waals surface area contributed by atoms with Gasteiger partial charge in [0.05, 0.1) is 35.5 Å². The van der Waals surface area contributed by atoms with E-state index in [0.29, 0.717) is 29.0 Å². The average Bonchev–Trinajstić information content (AvgIpc) is 3.36. The van der Waals surface area contributed by atoms with E-state index in [0.717, 1.165) is 11.1 Å². The number of benzene rings is 2. The molecule has 1 N–H and O–H groups in total. The van der Waals surface area contributed by atoms with Crippen LogP contribution in [0.15, 0.2) is 67.0 Å². The normalized spacial score (nSPS) is 10.8. The van der Waals surface area contributed by atoms with Crippen LogP contribution in [0.4, 0.5) is 5.82 Å². The van der Waals surface area contributed by atoms with E-state index in [1.54, 1.807) is 33.9 Å². The zero-order valence-electron chi connectivity index (χ0n) is 15.2. The third-order valence-corrected chi connectivity index (χ3v) is 5.13. The first kappa shape index (κ1) is 19.2. The minimum atomic E-state index is -0.372. The summed E-state index contributed by atoms with van der Waals surface area (Å²) >= 11 is 12.3. The fourth-order valence-corrected chi connectivity index (χ4v) is 3.21. The van der Waals surface area contributed by atoms with Crippen LogP contribution >= 0.6 is 23.2 Å². The molecule has 0 atom stereocenters. The van der Waals surface area contributed by atoms with E-state index in [2.05, 4.69) is 20.7 Å². The van der Waals surface area contributed by atoms with Gasteiger partial charge in [-0.2, -0.15) is 5.10 Å². The fourth-order valence-electron chi connectivity index (χ4n) is 2.83. The summed E-state index contributed by atoms with van der Waals surface area (Å²) < 4.78 is 3.25. The van der Waals surface area contributed by atoms with E-state index in [1.807, 2.05) is 42.5 Å².